The van der Waals surface area contributed by atoms with E-state index >= 15 is 0 Å². The molecule has 0 atom stereocenters. The van der Waals surface area contributed by atoms with Crippen LogP contribution >= 0.6 is 11.3 Å². The molecule has 0 amide bonds. The van der Waals surface area contributed by atoms with E-state index in [4.69, 9.17) is 4.74 Å². The third kappa shape index (κ3) is 2.42. The van der Waals surface area contributed by atoms with Crippen molar-refractivity contribution in [1.29, 1.82) is 0 Å². The van der Waals surface area contributed by atoms with E-state index in [0.29, 0.717) is 17.0 Å². The van der Waals surface area contributed by atoms with Gasteiger partial charge in [0.2, 0.25) is 0 Å². The van der Waals surface area contributed by atoms with Gasteiger partial charge in [-0.3, -0.25) is 4.79 Å². The molecule has 1 aromatic heterocycles. The van der Waals surface area contributed by atoms with Crippen LogP contribution in [0, 0.1) is 0 Å². The van der Waals surface area contributed by atoms with Crippen molar-refractivity contribution in [3.05, 3.63) is 28.5 Å². The van der Waals surface area contributed by atoms with Crippen LogP contribution in [0.4, 0.5) is 0 Å². The van der Waals surface area contributed by atoms with E-state index in [1.165, 1.54) is 11.3 Å². The zero-order chi connectivity index (χ0) is 9.84. The third-order valence-electron chi connectivity index (χ3n) is 1.56. The molecular weight excluding hydrogens is 184 g/mol. The Morgan fingerprint density at radius 1 is 1.69 bits per heavy atom. The van der Waals surface area contributed by atoms with Crippen molar-refractivity contribution in [3.63, 3.8) is 0 Å². The van der Waals surface area contributed by atoms with Crippen LogP contribution in [0.1, 0.15) is 23.0 Å². The molecule has 0 aliphatic carbocycles. The van der Waals surface area contributed by atoms with Gasteiger partial charge in [-0.1, -0.05) is 12.2 Å². The van der Waals surface area contributed by atoms with Gasteiger partial charge in [0.05, 0.1) is 7.11 Å². The van der Waals surface area contributed by atoms with Crippen molar-refractivity contribution in [3.8, 4) is 5.75 Å². The first-order valence-corrected chi connectivity index (χ1v) is 4.82. The molecule has 1 heterocycles. The van der Waals surface area contributed by atoms with E-state index in [-0.39, 0.29) is 5.78 Å². The predicted molar refractivity (Wildman–Crippen MR) is 54.6 cm³/mol. The van der Waals surface area contributed by atoms with Crippen LogP contribution in [0.5, 0.6) is 5.75 Å². The maximum Gasteiger partial charge on any atom is 0.180 e. The highest BCUT2D eigenvalue weighted by Gasteiger charge is 2.13. The van der Waals surface area contributed by atoms with Gasteiger partial charge in [-0.05, 0) is 18.4 Å². The molecule has 1 aromatic rings. The predicted octanol–water partition coefficient (Wildman–Crippen LogP) is 2.91. The molecule has 0 saturated heterocycles. The number of rotatable bonds is 4. The monoisotopic (exact) mass is 196 g/mol. The van der Waals surface area contributed by atoms with E-state index in [1.54, 1.807) is 13.2 Å². The molecular formula is C10H12O2S. The smallest absolute Gasteiger partial charge is 0.180 e. The summed E-state index contributed by atoms with van der Waals surface area (Å²) in [5.41, 5.74) is 0.875. The lowest BCUT2D eigenvalue weighted by atomic mass is 10.1. The van der Waals surface area contributed by atoms with E-state index in [1.807, 2.05) is 12.3 Å². The molecule has 0 aliphatic heterocycles. The summed E-state index contributed by atoms with van der Waals surface area (Å²) in [4.78, 5) is 12.3. The SMILES string of the molecule is C=C(C)CC(=O)c1sccc1OC. The molecule has 2 nitrogen and oxygen atoms in total. The molecule has 0 aromatic carbocycles. The first-order valence-electron chi connectivity index (χ1n) is 3.94. The average molecular weight is 196 g/mol. The van der Waals surface area contributed by atoms with Crippen LogP contribution in [-0.4, -0.2) is 12.9 Å². The van der Waals surface area contributed by atoms with Crippen LogP contribution in [-0.2, 0) is 0 Å². The molecule has 70 valence electrons. The highest BCUT2D eigenvalue weighted by atomic mass is 32.1. The summed E-state index contributed by atoms with van der Waals surface area (Å²) >= 11 is 1.41. The Morgan fingerprint density at radius 2 is 2.38 bits per heavy atom. The molecule has 1 rings (SSSR count). The lowest BCUT2D eigenvalue weighted by Gasteiger charge is -2.00. The lowest BCUT2D eigenvalue weighted by molar-refractivity contribution is 0.0994. The second-order valence-electron chi connectivity index (χ2n) is 2.88. The second-order valence-corrected chi connectivity index (χ2v) is 3.79. The van der Waals surface area contributed by atoms with Crippen molar-refractivity contribution in [2.24, 2.45) is 0 Å². The van der Waals surface area contributed by atoms with Gasteiger partial charge < -0.3 is 4.74 Å². The van der Waals surface area contributed by atoms with Gasteiger partial charge in [0.25, 0.3) is 0 Å². The minimum atomic E-state index is 0.0827. The van der Waals surface area contributed by atoms with Gasteiger partial charge in [0.1, 0.15) is 10.6 Å². The van der Waals surface area contributed by atoms with Crippen molar-refractivity contribution in [2.75, 3.05) is 7.11 Å². The number of methoxy groups -OCH3 is 1. The van der Waals surface area contributed by atoms with Crippen LogP contribution in [0.3, 0.4) is 0 Å². The standard InChI is InChI=1S/C10H12O2S/c1-7(2)6-8(11)10-9(12-3)4-5-13-10/h4-5H,1,6H2,2-3H3. The summed E-state index contributed by atoms with van der Waals surface area (Å²) in [5.74, 6) is 0.746. The third-order valence-corrected chi connectivity index (χ3v) is 2.50. The van der Waals surface area contributed by atoms with Crippen LogP contribution < -0.4 is 4.74 Å². The Morgan fingerprint density at radius 3 is 2.92 bits per heavy atom. The second kappa shape index (κ2) is 4.23. The van der Waals surface area contributed by atoms with E-state index < -0.39 is 0 Å². The lowest BCUT2D eigenvalue weighted by Crippen LogP contribution is -1.98. The molecule has 0 radical (unpaired) electrons. The number of ketones is 1. The molecule has 13 heavy (non-hydrogen) atoms. The Hall–Kier alpha value is -1.09. The summed E-state index contributed by atoms with van der Waals surface area (Å²) in [5, 5.41) is 1.85. The van der Waals surface area contributed by atoms with E-state index in [2.05, 4.69) is 6.58 Å². The Bertz CT molecular complexity index is 325. The summed E-state index contributed by atoms with van der Waals surface area (Å²) in [6, 6.07) is 1.80. The highest BCUT2D eigenvalue weighted by molar-refractivity contribution is 7.12. The van der Waals surface area contributed by atoms with Crippen molar-refractivity contribution in [1.82, 2.24) is 0 Å². The van der Waals surface area contributed by atoms with Crippen molar-refractivity contribution >= 4 is 17.1 Å². The molecule has 0 saturated carbocycles. The number of ether oxygens (including phenoxy) is 1. The zero-order valence-electron chi connectivity index (χ0n) is 7.79. The van der Waals surface area contributed by atoms with Crippen LogP contribution in [0.25, 0.3) is 0 Å². The fourth-order valence-electron chi connectivity index (χ4n) is 1.02. The van der Waals surface area contributed by atoms with Crippen LogP contribution in [0.2, 0.25) is 0 Å². The Kier molecular flexibility index (Phi) is 3.25. The summed E-state index contributed by atoms with van der Waals surface area (Å²) in [7, 11) is 1.57. The number of carbonyl (C=O) groups excluding carboxylic acids is 1. The van der Waals surface area contributed by atoms with Crippen molar-refractivity contribution in [2.45, 2.75) is 13.3 Å². The summed E-state index contributed by atoms with van der Waals surface area (Å²) < 4.78 is 5.05. The molecule has 0 aliphatic rings. The molecule has 0 fully saturated rings. The Labute approximate surface area is 81.8 Å². The van der Waals surface area contributed by atoms with E-state index in [9.17, 15) is 4.79 Å². The first kappa shape index (κ1) is 9.99. The largest absolute Gasteiger partial charge is 0.495 e. The fraction of sp³-hybridized carbons (Fsp3) is 0.300. The maximum absolute atomic E-state index is 11.6. The quantitative estimate of drug-likeness (QED) is 0.546. The molecule has 0 unspecified atom stereocenters. The van der Waals surface area contributed by atoms with Crippen LogP contribution in [0.15, 0.2) is 23.6 Å². The minimum absolute atomic E-state index is 0.0827. The van der Waals surface area contributed by atoms with Gasteiger partial charge in [-0.25, -0.2) is 0 Å². The number of allylic oxidation sites excluding steroid dienone is 1. The average Bonchev–Trinajstić information content (AvgIpc) is 2.49. The molecule has 0 bridgehead atoms. The minimum Gasteiger partial charge on any atom is -0.495 e. The molecule has 0 N–H and O–H groups in total. The number of thiophene rings is 1. The molecule has 3 heteroatoms. The van der Waals surface area contributed by atoms with Gasteiger partial charge >= 0.3 is 0 Å². The van der Waals surface area contributed by atoms with E-state index in [0.717, 1.165) is 5.57 Å². The first-order chi connectivity index (χ1) is 6.15. The van der Waals surface area contributed by atoms with Gasteiger partial charge in [-0.15, -0.1) is 11.3 Å². The number of hydrogen-bond acceptors (Lipinski definition) is 3. The fourth-order valence-corrected chi connectivity index (χ4v) is 1.81. The van der Waals surface area contributed by atoms with Gasteiger partial charge in [0.15, 0.2) is 5.78 Å². The topological polar surface area (TPSA) is 26.3 Å². The number of Topliss-reactive ketones (excluding diaryl/α,β-unsaturated/α-hetero) is 1. The summed E-state index contributed by atoms with van der Waals surface area (Å²) in [6.07, 6.45) is 0.400. The number of carbonyl (C=O) groups is 1. The van der Waals surface area contributed by atoms with Gasteiger partial charge in [-0.2, -0.15) is 0 Å². The Balaban J connectivity index is 2.82. The van der Waals surface area contributed by atoms with Crippen molar-refractivity contribution < 1.29 is 9.53 Å². The maximum atomic E-state index is 11.6. The molecule has 0 spiro atoms. The number of hydrogen-bond donors (Lipinski definition) is 0. The summed E-state index contributed by atoms with van der Waals surface area (Å²) in [6.45, 7) is 5.55. The highest BCUT2D eigenvalue weighted by Crippen LogP contribution is 2.26. The van der Waals surface area contributed by atoms with Gasteiger partial charge in [0, 0.05) is 6.42 Å². The zero-order valence-corrected chi connectivity index (χ0v) is 8.61. The normalized spacial score (nSPS) is 9.69.